The van der Waals surface area contributed by atoms with Crippen molar-refractivity contribution in [3.8, 4) is 0 Å². The van der Waals surface area contributed by atoms with E-state index in [0.29, 0.717) is 11.8 Å². The van der Waals surface area contributed by atoms with Gasteiger partial charge in [0.25, 0.3) is 5.91 Å². The molecule has 1 aliphatic rings. The lowest BCUT2D eigenvalue weighted by molar-refractivity contribution is -0.125. The van der Waals surface area contributed by atoms with E-state index >= 15 is 0 Å². The molecule has 1 amide bonds. The standard InChI is InChI=1S/C17H21ClFNO3/c1-10-4-3-5-15(11(10)2)20-16(21)9-23-17(22)13-7-6-12(18)8-14(13)19/h6-8,10-11,15H,3-5,9H2,1-2H3,(H,20,21)/t10-,11-,15-/m1/s1. The summed E-state index contributed by atoms with van der Waals surface area (Å²) < 4.78 is 18.5. The minimum atomic E-state index is -0.876. The Morgan fingerprint density at radius 3 is 2.78 bits per heavy atom. The molecule has 0 aliphatic heterocycles. The first-order valence-corrected chi connectivity index (χ1v) is 8.18. The summed E-state index contributed by atoms with van der Waals surface area (Å²) in [5, 5.41) is 3.09. The highest BCUT2D eigenvalue weighted by Crippen LogP contribution is 2.29. The Labute approximate surface area is 140 Å². The topological polar surface area (TPSA) is 55.4 Å². The zero-order valence-electron chi connectivity index (χ0n) is 13.3. The van der Waals surface area contributed by atoms with Crippen LogP contribution in [-0.4, -0.2) is 24.5 Å². The molecule has 6 heteroatoms. The number of hydrogen-bond acceptors (Lipinski definition) is 3. The highest BCUT2D eigenvalue weighted by Gasteiger charge is 2.28. The van der Waals surface area contributed by atoms with Crippen LogP contribution in [0.1, 0.15) is 43.5 Å². The van der Waals surface area contributed by atoms with Gasteiger partial charge in [-0.2, -0.15) is 0 Å². The minimum Gasteiger partial charge on any atom is -0.452 e. The SMILES string of the molecule is C[C@@H]1[C@H](C)CCC[C@H]1NC(=O)COC(=O)c1ccc(Cl)cc1F. The summed E-state index contributed by atoms with van der Waals surface area (Å²) in [6.07, 6.45) is 3.17. The quantitative estimate of drug-likeness (QED) is 0.852. The smallest absolute Gasteiger partial charge is 0.341 e. The number of benzene rings is 1. The Hall–Kier alpha value is -1.62. The van der Waals surface area contributed by atoms with E-state index in [9.17, 15) is 14.0 Å². The molecule has 0 bridgehead atoms. The van der Waals surface area contributed by atoms with Gasteiger partial charge in [0.15, 0.2) is 6.61 Å². The number of nitrogens with one attached hydrogen (secondary N) is 1. The largest absolute Gasteiger partial charge is 0.452 e. The zero-order chi connectivity index (χ0) is 17.0. The second-order valence-electron chi connectivity index (χ2n) is 6.14. The lowest BCUT2D eigenvalue weighted by atomic mass is 9.78. The lowest BCUT2D eigenvalue weighted by Crippen LogP contribution is -2.45. The van der Waals surface area contributed by atoms with Gasteiger partial charge in [-0.1, -0.05) is 38.3 Å². The fraction of sp³-hybridized carbons (Fsp3) is 0.529. The number of halogens is 2. The van der Waals surface area contributed by atoms with E-state index < -0.39 is 18.4 Å². The van der Waals surface area contributed by atoms with E-state index in [2.05, 4.69) is 19.2 Å². The minimum absolute atomic E-state index is 0.0946. The van der Waals surface area contributed by atoms with Gasteiger partial charge in [0, 0.05) is 11.1 Å². The first-order chi connectivity index (χ1) is 10.9. The van der Waals surface area contributed by atoms with E-state index in [-0.39, 0.29) is 22.5 Å². The number of esters is 1. The van der Waals surface area contributed by atoms with Gasteiger partial charge < -0.3 is 10.1 Å². The summed E-state index contributed by atoms with van der Waals surface area (Å²) in [7, 11) is 0. The van der Waals surface area contributed by atoms with Gasteiger partial charge >= 0.3 is 5.97 Å². The summed E-state index contributed by atoms with van der Waals surface area (Å²) in [5.41, 5.74) is -0.234. The number of amides is 1. The lowest BCUT2D eigenvalue weighted by Gasteiger charge is -2.34. The molecular weight excluding hydrogens is 321 g/mol. The van der Waals surface area contributed by atoms with Crippen LogP contribution in [0.5, 0.6) is 0 Å². The van der Waals surface area contributed by atoms with E-state index in [1.54, 1.807) is 0 Å². The maximum atomic E-state index is 13.6. The Morgan fingerprint density at radius 1 is 1.35 bits per heavy atom. The highest BCUT2D eigenvalue weighted by molar-refractivity contribution is 6.30. The molecule has 4 nitrogen and oxygen atoms in total. The van der Waals surface area contributed by atoms with Crippen LogP contribution in [-0.2, 0) is 9.53 Å². The molecule has 1 N–H and O–H groups in total. The van der Waals surface area contributed by atoms with E-state index in [1.165, 1.54) is 18.6 Å². The first kappa shape index (κ1) is 17.7. The van der Waals surface area contributed by atoms with Crippen LogP contribution < -0.4 is 5.32 Å². The van der Waals surface area contributed by atoms with Crippen molar-refractivity contribution in [3.63, 3.8) is 0 Å². The van der Waals surface area contributed by atoms with Gasteiger partial charge in [0.2, 0.25) is 0 Å². The first-order valence-electron chi connectivity index (χ1n) is 7.80. The summed E-state index contributed by atoms with van der Waals surface area (Å²) >= 11 is 5.63. The van der Waals surface area contributed by atoms with Gasteiger partial charge in [0.05, 0.1) is 5.56 Å². The number of carbonyl (C=O) groups is 2. The van der Waals surface area contributed by atoms with Crippen LogP contribution in [0.15, 0.2) is 18.2 Å². The maximum Gasteiger partial charge on any atom is 0.341 e. The van der Waals surface area contributed by atoms with Crippen LogP contribution in [0.25, 0.3) is 0 Å². The summed E-state index contributed by atoms with van der Waals surface area (Å²) in [4.78, 5) is 23.7. The Morgan fingerprint density at radius 2 is 2.09 bits per heavy atom. The molecule has 1 aromatic rings. The molecule has 1 aromatic carbocycles. The van der Waals surface area contributed by atoms with Crippen LogP contribution >= 0.6 is 11.6 Å². The van der Waals surface area contributed by atoms with Crippen LogP contribution in [0.2, 0.25) is 5.02 Å². The molecule has 126 valence electrons. The number of hydrogen-bond donors (Lipinski definition) is 1. The second kappa shape index (κ2) is 7.77. The number of rotatable bonds is 4. The van der Waals surface area contributed by atoms with Crippen molar-refractivity contribution >= 4 is 23.5 Å². The fourth-order valence-corrected chi connectivity index (χ4v) is 3.06. The van der Waals surface area contributed by atoms with Gasteiger partial charge in [-0.3, -0.25) is 4.79 Å². The average molecular weight is 342 g/mol. The van der Waals surface area contributed by atoms with E-state index in [4.69, 9.17) is 16.3 Å². The molecule has 1 saturated carbocycles. The Bertz CT molecular complexity index is 593. The molecule has 1 fully saturated rings. The van der Waals surface area contributed by atoms with Gasteiger partial charge in [0.1, 0.15) is 5.82 Å². The Balaban J connectivity index is 1.85. The molecule has 1 aliphatic carbocycles. The predicted octanol–water partition coefficient (Wildman–Crippen LogP) is 3.58. The number of carbonyl (C=O) groups excluding carboxylic acids is 2. The predicted molar refractivity (Wildman–Crippen MR) is 85.8 cm³/mol. The third-order valence-corrected chi connectivity index (χ3v) is 4.77. The van der Waals surface area contributed by atoms with E-state index in [1.807, 2.05) is 0 Å². The van der Waals surface area contributed by atoms with Crippen molar-refractivity contribution < 1.29 is 18.7 Å². The normalized spacial score (nSPS) is 24.1. The van der Waals surface area contributed by atoms with Crippen molar-refractivity contribution in [1.82, 2.24) is 5.32 Å². The Kier molecular flexibility index (Phi) is 5.99. The molecule has 0 unspecified atom stereocenters. The molecule has 2 rings (SSSR count). The van der Waals surface area contributed by atoms with Crippen molar-refractivity contribution in [2.45, 2.75) is 39.2 Å². The van der Waals surface area contributed by atoms with Crippen LogP contribution in [0.4, 0.5) is 4.39 Å². The summed E-state index contributed by atoms with van der Waals surface area (Å²) in [5.74, 6) is -1.06. The molecule has 0 heterocycles. The fourth-order valence-electron chi connectivity index (χ4n) is 2.90. The van der Waals surface area contributed by atoms with Crippen molar-refractivity contribution in [2.24, 2.45) is 11.8 Å². The van der Waals surface area contributed by atoms with Crippen molar-refractivity contribution in [2.75, 3.05) is 6.61 Å². The average Bonchev–Trinajstić information content (AvgIpc) is 2.49. The van der Waals surface area contributed by atoms with Crippen LogP contribution in [0, 0.1) is 17.7 Å². The summed E-state index contributed by atoms with van der Waals surface area (Å²) in [6, 6.07) is 3.76. The van der Waals surface area contributed by atoms with Crippen molar-refractivity contribution in [1.29, 1.82) is 0 Å². The maximum absolute atomic E-state index is 13.6. The molecule has 0 aromatic heterocycles. The van der Waals surface area contributed by atoms with Crippen LogP contribution in [0.3, 0.4) is 0 Å². The third kappa shape index (κ3) is 4.67. The number of ether oxygens (including phenoxy) is 1. The van der Waals surface area contributed by atoms with Gasteiger partial charge in [-0.25, -0.2) is 9.18 Å². The van der Waals surface area contributed by atoms with Gasteiger partial charge in [-0.05, 0) is 36.5 Å². The summed E-state index contributed by atoms with van der Waals surface area (Å²) in [6.45, 7) is 3.87. The highest BCUT2D eigenvalue weighted by atomic mass is 35.5. The molecule has 3 atom stereocenters. The molecule has 23 heavy (non-hydrogen) atoms. The van der Waals surface area contributed by atoms with E-state index in [0.717, 1.165) is 18.9 Å². The second-order valence-corrected chi connectivity index (χ2v) is 6.58. The third-order valence-electron chi connectivity index (χ3n) is 4.54. The monoisotopic (exact) mass is 341 g/mol. The zero-order valence-corrected chi connectivity index (χ0v) is 14.0. The molecule has 0 saturated heterocycles. The molecule has 0 radical (unpaired) electrons. The van der Waals surface area contributed by atoms with Gasteiger partial charge in [-0.15, -0.1) is 0 Å². The van der Waals surface area contributed by atoms with Crippen molar-refractivity contribution in [3.05, 3.63) is 34.6 Å². The molecular formula is C17H21ClFNO3. The molecule has 0 spiro atoms.